The van der Waals surface area contributed by atoms with Crippen molar-refractivity contribution >= 4 is 63.6 Å². The number of nitrogens with two attached hydrogens (primary N) is 1. The maximum Gasteiger partial charge on any atom is 0.352 e. The Labute approximate surface area is 307 Å². The standard InChI is InChI=1S/C36H37N5O9S2/c1-36(2,34(48)49)50-39-29(25-18-52-35(37)38-25)28(44)14-24-31(45)40-30(33(46)47)22(17-51-32(24)40)9-8-19-4-6-20(7-5-19)15-41(3)11-10-21-12-26(42)27(43)13-23(21)16-41/h4-9,12-13,18,24,32H,10-11,14-17H2,1-3H3,(H5-,37,38,39,42,43,44,46,47,48,49)/p+1/b9-8+/t24-,32-,41?/m1/s1. The fraction of sp³-hybridized carbons (Fsp3) is 0.333. The molecule has 0 bridgehead atoms. The van der Waals surface area contributed by atoms with Crippen molar-refractivity contribution in [2.75, 3.05) is 25.1 Å². The van der Waals surface area contributed by atoms with Crippen LogP contribution in [-0.4, -0.2) is 94.5 Å². The summed E-state index contributed by atoms with van der Waals surface area (Å²) in [6.07, 6.45) is 3.97. The van der Waals surface area contributed by atoms with E-state index in [-0.39, 0.29) is 40.2 Å². The number of nitrogen functional groups attached to an aromatic ring is 1. The monoisotopic (exact) mass is 748 g/mol. The van der Waals surface area contributed by atoms with Crippen LogP contribution >= 0.6 is 23.1 Å². The van der Waals surface area contributed by atoms with E-state index in [1.807, 2.05) is 24.3 Å². The van der Waals surface area contributed by atoms with Gasteiger partial charge in [-0.3, -0.25) is 14.5 Å². The van der Waals surface area contributed by atoms with Crippen LogP contribution in [0.15, 0.2) is 64.3 Å². The number of oxime groups is 1. The maximum atomic E-state index is 13.5. The van der Waals surface area contributed by atoms with Crippen molar-refractivity contribution in [3.05, 3.63) is 87.1 Å². The highest BCUT2D eigenvalue weighted by Crippen LogP contribution is 2.45. The van der Waals surface area contributed by atoms with Gasteiger partial charge in [0.1, 0.15) is 24.5 Å². The average molecular weight is 749 g/mol. The Hall–Kier alpha value is -5.19. The molecule has 4 heterocycles. The van der Waals surface area contributed by atoms with Crippen molar-refractivity contribution in [3.63, 3.8) is 0 Å². The van der Waals surface area contributed by atoms with Gasteiger partial charge in [0, 0.05) is 35.1 Å². The maximum absolute atomic E-state index is 13.5. The highest BCUT2D eigenvalue weighted by Gasteiger charge is 2.54. The number of Topliss-reactive ketones (excluding diaryl/α,β-unsaturated/α-hetero) is 1. The van der Waals surface area contributed by atoms with Crippen LogP contribution in [-0.2, 0) is 43.5 Å². The zero-order valence-corrected chi connectivity index (χ0v) is 30.2. The van der Waals surface area contributed by atoms with Crippen molar-refractivity contribution in [1.82, 2.24) is 9.88 Å². The third kappa shape index (κ3) is 7.40. The Balaban J connectivity index is 1.13. The van der Waals surface area contributed by atoms with E-state index < -0.39 is 40.5 Å². The molecule has 3 aromatic rings. The Kier molecular flexibility index (Phi) is 9.91. The number of carboxylic acid groups (broad SMARTS) is 2. The molecule has 2 aromatic carbocycles. The average Bonchev–Trinajstić information content (AvgIpc) is 3.52. The van der Waals surface area contributed by atoms with Crippen LogP contribution in [0.3, 0.4) is 0 Å². The molecule has 1 unspecified atom stereocenters. The molecule has 1 amide bonds. The van der Waals surface area contributed by atoms with E-state index in [4.69, 9.17) is 10.6 Å². The molecule has 16 heteroatoms. The van der Waals surface area contributed by atoms with Gasteiger partial charge in [-0.2, -0.15) is 0 Å². The van der Waals surface area contributed by atoms with E-state index in [0.29, 0.717) is 11.3 Å². The molecular weight excluding hydrogens is 711 g/mol. The molecule has 272 valence electrons. The molecule has 6 N–H and O–H groups in total. The SMILES string of the molecule is CC(C)(O/N=C(\C(=O)C[C@@H]1C(=O)N2C(C(=O)O)=C(/C=C/c3ccc(C[N+]4(C)CCc5cc(O)c(O)cc5C4)cc3)CS[C@H]12)c1csc(N)n1)C(=O)O. The highest BCUT2D eigenvalue weighted by molar-refractivity contribution is 8.00. The Morgan fingerprint density at radius 3 is 2.44 bits per heavy atom. The molecule has 3 aliphatic heterocycles. The van der Waals surface area contributed by atoms with Crippen LogP contribution < -0.4 is 5.73 Å². The van der Waals surface area contributed by atoms with Gasteiger partial charge in [-0.15, -0.1) is 23.1 Å². The number of thiazole rings is 1. The summed E-state index contributed by atoms with van der Waals surface area (Å²) in [5, 5.41) is 44.2. The first kappa shape index (κ1) is 36.6. The lowest BCUT2D eigenvalue weighted by Gasteiger charge is -2.49. The first-order valence-corrected chi connectivity index (χ1v) is 18.3. The summed E-state index contributed by atoms with van der Waals surface area (Å²) < 4.78 is 0.737. The van der Waals surface area contributed by atoms with Gasteiger partial charge in [0.2, 0.25) is 11.5 Å². The minimum absolute atomic E-state index is 0.0799. The van der Waals surface area contributed by atoms with Crippen molar-refractivity contribution in [3.8, 4) is 11.5 Å². The number of quaternary nitrogens is 1. The number of fused-ring (bicyclic) bond motifs is 2. The first-order chi connectivity index (χ1) is 24.5. The van der Waals surface area contributed by atoms with Crippen LogP contribution in [0.2, 0.25) is 0 Å². The lowest BCUT2D eigenvalue weighted by atomic mass is 9.89. The van der Waals surface area contributed by atoms with E-state index in [0.717, 1.165) is 64.1 Å². The Morgan fingerprint density at radius 2 is 1.81 bits per heavy atom. The number of aromatic hydroxyl groups is 2. The van der Waals surface area contributed by atoms with Crippen LogP contribution in [0.5, 0.6) is 11.5 Å². The summed E-state index contributed by atoms with van der Waals surface area (Å²) >= 11 is 2.40. The number of likely N-dealkylation sites (N-methyl/N-ethyl adjacent to an activating group) is 1. The van der Waals surface area contributed by atoms with Crippen molar-refractivity contribution in [1.29, 1.82) is 0 Å². The number of nitrogens with zero attached hydrogens (tertiary/aromatic N) is 4. The zero-order chi connectivity index (χ0) is 37.5. The van der Waals surface area contributed by atoms with Gasteiger partial charge < -0.3 is 35.5 Å². The number of ketones is 1. The van der Waals surface area contributed by atoms with Crippen LogP contribution in [0.25, 0.3) is 6.08 Å². The topological polar surface area (TPSA) is 213 Å². The van der Waals surface area contributed by atoms with Gasteiger partial charge in [-0.1, -0.05) is 41.6 Å². The summed E-state index contributed by atoms with van der Waals surface area (Å²) in [5.41, 5.74) is 8.14. The number of benzene rings is 2. The second-order valence-electron chi connectivity index (χ2n) is 13.8. The van der Waals surface area contributed by atoms with Crippen LogP contribution in [0.1, 0.15) is 48.2 Å². The van der Waals surface area contributed by atoms with Gasteiger partial charge in [0.15, 0.2) is 28.1 Å². The predicted molar refractivity (Wildman–Crippen MR) is 194 cm³/mol. The van der Waals surface area contributed by atoms with E-state index in [9.17, 15) is 39.6 Å². The fourth-order valence-electron chi connectivity index (χ4n) is 6.47. The number of rotatable bonds is 12. The third-order valence-electron chi connectivity index (χ3n) is 9.42. The van der Waals surface area contributed by atoms with Gasteiger partial charge in [0.05, 0.1) is 24.9 Å². The number of phenols is 2. The molecule has 0 aliphatic carbocycles. The van der Waals surface area contributed by atoms with Gasteiger partial charge in [0.25, 0.3) is 0 Å². The Morgan fingerprint density at radius 1 is 1.12 bits per heavy atom. The molecular formula is C36H38N5O9S2+. The number of thioether (sulfide) groups is 1. The van der Waals surface area contributed by atoms with Gasteiger partial charge in [-0.25, -0.2) is 14.6 Å². The quantitative estimate of drug-likeness (QED) is 0.0586. The molecule has 6 rings (SSSR count). The lowest BCUT2D eigenvalue weighted by molar-refractivity contribution is -0.937. The number of carbonyl (C=O) groups excluding carboxylic acids is 2. The van der Waals surface area contributed by atoms with E-state index in [2.05, 4.69) is 17.2 Å². The molecule has 1 aromatic heterocycles. The molecule has 0 radical (unpaired) electrons. The number of aliphatic carboxylic acids is 2. The largest absolute Gasteiger partial charge is 0.504 e. The summed E-state index contributed by atoms with van der Waals surface area (Å²) in [6.45, 7) is 4.89. The number of anilines is 1. The van der Waals surface area contributed by atoms with Gasteiger partial charge in [-0.05, 0) is 42.7 Å². The molecule has 1 fully saturated rings. The normalized spacial score (nSPS) is 21.8. The summed E-state index contributed by atoms with van der Waals surface area (Å²) in [5.74, 6) is -4.47. The van der Waals surface area contributed by atoms with E-state index >= 15 is 0 Å². The predicted octanol–water partition coefficient (Wildman–Crippen LogP) is 3.97. The molecule has 1 saturated heterocycles. The number of carboxylic acids is 2. The summed E-state index contributed by atoms with van der Waals surface area (Å²) in [6, 6.07) is 11.2. The summed E-state index contributed by atoms with van der Waals surface area (Å²) in [7, 11) is 2.16. The number of amides is 1. The number of phenolic OH excluding ortho intramolecular Hbond substituents is 2. The number of β-lactam (4-membered cyclic amide) rings is 1. The molecule has 0 spiro atoms. The fourth-order valence-corrected chi connectivity index (χ4v) is 8.40. The van der Waals surface area contributed by atoms with E-state index in [1.165, 1.54) is 35.9 Å². The number of carbonyl (C=O) groups is 4. The second kappa shape index (κ2) is 14.1. The lowest BCUT2D eigenvalue weighted by Crippen LogP contribution is -2.62. The van der Waals surface area contributed by atoms with Crippen molar-refractivity contribution < 1.29 is 48.9 Å². The van der Waals surface area contributed by atoms with Crippen molar-refractivity contribution in [2.24, 2.45) is 11.1 Å². The number of hydrogen-bond acceptors (Lipinski definition) is 12. The molecule has 3 atom stereocenters. The van der Waals surface area contributed by atoms with Crippen LogP contribution in [0, 0.1) is 5.92 Å². The Bertz CT molecular complexity index is 2060. The second-order valence-corrected chi connectivity index (χ2v) is 15.8. The molecule has 14 nitrogen and oxygen atoms in total. The van der Waals surface area contributed by atoms with Crippen molar-refractivity contribution in [2.45, 2.75) is 50.8 Å². The molecule has 0 saturated carbocycles. The number of allylic oxidation sites excluding steroid dienone is 1. The number of aromatic nitrogens is 1. The third-order valence-corrected chi connectivity index (χ3v) is 11.4. The minimum Gasteiger partial charge on any atom is -0.504 e. The smallest absolute Gasteiger partial charge is 0.352 e. The van der Waals surface area contributed by atoms with Gasteiger partial charge >= 0.3 is 11.9 Å². The van der Waals surface area contributed by atoms with Crippen LogP contribution in [0.4, 0.5) is 5.13 Å². The zero-order valence-electron chi connectivity index (χ0n) is 28.6. The minimum atomic E-state index is -1.75. The highest BCUT2D eigenvalue weighted by atomic mass is 32.2. The molecule has 52 heavy (non-hydrogen) atoms. The van der Waals surface area contributed by atoms with E-state index in [1.54, 1.807) is 24.3 Å². The first-order valence-electron chi connectivity index (χ1n) is 16.3. The molecule has 3 aliphatic rings. The number of hydrogen-bond donors (Lipinski definition) is 5. The summed E-state index contributed by atoms with van der Waals surface area (Å²) in [4.78, 5) is 61.3.